The van der Waals surface area contributed by atoms with E-state index >= 15 is 0 Å². The van der Waals surface area contributed by atoms with Gasteiger partial charge in [-0.2, -0.15) is 0 Å². The number of likely N-dealkylation sites (N-methyl/N-ethyl adjacent to an activating group) is 1. The van der Waals surface area contributed by atoms with E-state index in [0.29, 0.717) is 5.92 Å². The van der Waals surface area contributed by atoms with E-state index in [2.05, 4.69) is 29.8 Å². The minimum atomic E-state index is 0.0208. The number of benzene rings is 1. The number of hydrogen-bond donors (Lipinski definition) is 1. The van der Waals surface area contributed by atoms with Gasteiger partial charge in [0.1, 0.15) is 0 Å². The van der Waals surface area contributed by atoms with Gasteiger partial charge in [0.2, 0.25) is 0 Å². The molecule has 3 rings (SSSR count). The summed E-state index contributed by atoms with van der Waals surface area (Å²) in [4.78, 5) is 12.5. The molecule has 2 aromatic rings. The minimum absolute atomic E-state index is 0.0208. The third-order valence-electron chi connectivity index (χ3n) is 3.54. The third kappa shape index (κ3) is 2.20. The second-order valence-corrected chi connectivity index (χ2v) is 5.86. The van der Waals surface area contributed by atoms with Gasteiger partial charge in [0.15, 0.2) is 5.78 Å². The van der Waals surface area contributed by atoms with Gasteiger partial charge < -0.3 is 5.32 Å². The Morgan fingerprint density at radius 3 is 3.00 bits per heavy atom. The van der Waals surface area contributed by atoms with Crippen LogP contribution in [-0.2, 0) is 0 Å². The van der Waals surface area contributed by atoms with Crippen LogP contribution >= 0.6 is 11.3 Å². The molecule has 94 valence electrons. The van der Waals surface area contributed by atoms with E-state index in [9.17, 15) is 4.79 Å². The number of thiophene rings is 1. The van der Waals surface area contributed by atoms with Crippen LogP contribution in [0.5, 0.6) is 0 Å². The van der Waals surface area contributed by atoms with Crippen LogP contribution in [0.1, 0.15) is 30.1 Å². The molecule has 0 spiro atoms. The fourth-order valence-electron chi connectivity index (χ4n) is 2.41. The zero-order chi connectivity index (χ0) is 12.5. The summed E-state index contributed by atoms with van der Waals surface area (Å²) >= 11 is 1.70. The van der Waals surface area contributed by atoms with E-state index in [4.69, 9.17) is 0 Å². The van der Waals surface area contributed by atoms with Gasteiger partial charge >= 0.3 is 0 Å². The van der Waals surface area contributed by atoms with Crippen molar-refractivity contribution >= 4 is 27.2 Å². The number of ketones is 1. The highest BCUT2D eigenvalue weighted by Crippen LogP contribution is 2.34. The molecule has 1 heterocycles. The smallest absolute Gasteiger partial charge is 0.180 e. The highest BCUT2D eigenvalue weighted by Gasteiger charge is 2.35. The minimum Gasteiger partial charge on any atom is -0.307 e. The fraction of sp³-hybridized carbons (Fsp3) is 0.400. The molecule has 2 nitrogen and oxygen atoms in total. The number of rotatable bonds is 5. The Hall–Kier alpha value is -1.19. The molecule has 0 amide bonds. The summed E-state index contributed by atoms with van der Waals surface area (Å²) in [7, 11) is 0. The van der Waals surface area contributed by atoms with Crippen LogP contribution in [-0.4, -0.2) is 18.4 Å². The topological polar surface area (TPSA) is 29.1 Å². The normalized spacial score (nSPS) is 16.9. The molecule has 1 atom stereocenters. The Bertz CT molecular complexity index is 571. The number of fused-ring (bicyclic) bond motifs is 1. The average Bonchev–Trinajstić information content (AvgIpc) is 3.12. The Morgan fingerprint density at radius 2 is 2.28 bits per heavy atom. The van der Waals surface area contributed by atoms with E-state index in [1.807, 2.05) is 12.1 Å². The highest BCUT2D eigenvalue weighted by molar-refractivity contribution is 7.17. The van der Waals surface area contributed by atoms with Crippen molar-refractivity contribution in [3.8, 4) is 0 Å². The standard InChI is InChI=1S/C15H17NOS/c1-2-16-14(11-4-5-11)15(17)12-6-3-10-7-8-18-13(10)9-12/h3,6-9,11,14,16H,2,4-5H2,1H3. The van der Waals surface area contributed by atoms with Crippen molar-refractivity contribution in [2.75, 3.05) is 6.54 Å². The number of Topliss-reactive ketones (excluding diaryl/α,β-unsaturated/α-hetero) is 1. The molecule has 0 radical (unpaired) electrons. The third-order valence-corrected chi connectivity index (χ3v) is 4.42. The summed E-state index contributed by atoms with van der Waals surface area (Å²) in [6, 6.07) is 8.16. The second-order valence-electron chi connectivity index (χ2n) is 4.91. The van der Waals surface area contributed by atoms with Crippen molar-refractivity contribution in [3.63, 3.8) is 0 Å². The van der Waals surface area contributed by atoms with Crippen LogP contribution in [0.3, 0.4) is 0 Å². The summed E-state index contributed by atoms with van der Waals surface area (Å²) in [5.74, 6) is 0.811. The number of nitrogens with one attached hydrogen (secondary N) is 1. The molecule has 1 aliphatic rings. The van der Waals surface area contributed by atoms with Gasteiger partial charge in [-0.15, -0.1) is 11.3 Å². The summed E-state index contributed by atoms with van der Waals surface area (Å²) in [6.07, 6.45) is 2.37. The molecule has 1 unspecified atom stereocenters. The molecular formula is C15H17NOS. The zero-order valence-electron chi connectivity index (χ0n) is 10.5. The van der Waals surface area contributed by atoms with E-state index in [1.165, 1.54) is 22.9 Å². The molecule has 0 aliphatic heterocycles. The zero-order valence-corrected chi connectivity index (χ0v) is 11.3. The maximum Gasteiger partial charge on any atom is 0.180 e. The Balaban J connectivity index is 1.89. The summed E-state index contributed by atoms with van der Waals surface area (Å²) in [5.41, 5.74) is 0.850. The molecule has 0 saturated heterocycles. The summed E-state index contributed by atoms with van der Waals surface area (Å²) < 4.78 is 1.20. The van der Waals surface area contributed by atoms with Crippen LogP contribution in [0.15, 0.2) is 29.6 Å². The summed E-state index contributed by atoms with van der Waals surface area (Å²) in [5, 5.41) is 6.63. The first kappa shape index (κ1) is 11.9. The lowest BCUT2D eigenvalue weighted by Crippen LogP contribution is -2.38. The number of carbonyl (C=O) groups is 1. The van der Waals surface area contributed by atoms with Gasteiger partial charge in [-0.25, -0.2) is 0 Å². The molecule has 0 bridgehead atoms. The monoisotopic (exact) mass is 259 g/mol. The van der Waals surface area contributed by atoms with Gasteiger partial charge in [0.25, 0.3) is 0 Å². The predicted octanol–water partition coefficient (Wildman–Crippen LogP) is 3.47. The van der Waals surface area contributed by atoms with E-state index < -0.39 is 0 Å². The van der Waals surface area contributed by atoms with Gasteiger partial charge in [-0.3, -0.25) is 4.79 Å². The predicted molar refractivity (Wildman–Crippen MR) is 76.3 cm³/mol. The molecule has 1 saturated carbocycles. The van der Waals surface area contributed by atoms with Crippen LogP contribution in [0.4, 0.5) is 0 Å². The van der Waals surface area contributed by atoms with E-state index in [1.54, 1.807) is 11.3 Å². The molecule has 3 heteroatoms. The molecule has 1 fully saturated rings. The largest absolute Gasteiger partial charge is 0.307 e. The van der Waals surface area contributed by atoms with Crippen LogP contribution < -0.4 is 5.32 Å². The van der Waals surface area contributed by atoms with Crippen LogP contribution in [0.2, 0.25) is 0 Å². The molecule has 18 heavy (non-hydrogen) atoms. The maximum absolute atomic E-state index is 12.5. The first-order valence-electron chi connectivity index (χ1n) is 6.54. The quantitative estimate of drug-likeness (QED) is 0.833. The maximum atomic E-state index is 12.5. The first-order valence-corrected chi connectivity index (χ1v) is 7.42. The SMILES string of the molecule is CCNC(C(=O)c1ccc2ccsc2c1)C1CC1. The van der Waals surface area contributed by atoms with Gasteiger partial charge in [-0.1, -0.05) is 19.1 Å². The van der Waals surface area contributed by atoms with Crippen molar-refractivity contribution in [1.29, 1.82) is 0 Å². The van der Waals surface area contributed by atoms with Crippen molar-refractivity contribution in [1.82, 2.24) is 5.32 Å². The fourth-order valence-corrected chi connectivity index (χ4v) is 3.24. The molecular weight excluding hydrogens is 242 g/mol. The molecule has 1 N–H and O–H groups in total. The highest BCUT2D eigenvalue weighted by atomic mass is 32.1. The van der Waals surface area contributed by atoms with Gasteiger partial charge in [-0.05, 0) is 48.2 Å². The van der Waals surface area contributed by atoms with Crippen molar-refractivity contribution in [2.45, 2.75) is 25.8 Å². The van der Waals surface area contributed by atoms with Gasteiger partial charge in [0, 0.05) is 10.3 Å². The molecule has 1 aromatic carbocycles. The van der Waals surface area contributed by atoms with E-state index in [-0.39, 0.29) is 11.8 Å². The van der Waals surface area contributed by atoms with Crippen molar-refractivity contribution in [3.05, 3.63) is 35.2 Å². The number of carbonyl (C=O) groups excluding carboxylic acids is 1. The summed E-state index contributed by atoms with van der Waals surface area (Å²) in [6.45, 7) is 2.92. The first-order chi connectivity index (χ1) is 8.79. The van der Waals surface area contributed by atoms with Gasteiger partial charge in [0.05, 0.1) is 6.04 Å². The Labute approximate surface area is 111 Å². The van der Waals surface area contributed by atoms with Crippen LogP contribution in [0, 0.1) is 5.92 Å². The molecule has 1 aromatic heterocycles. The van der Waals surface area contributed by atoms with E-state index in [0.717, 1.165) is 12.1 Å². The Kier molecular flexibility index (Phi) is 3.18. The molecule has 1 aliphatic carbocycles. The lowest BCUT2D eigenvalue weighted by molar-refractivity contribution is 0.0932. The second kappa shape index (κ2) is 4.82. The lowest BCUT2D eigenvalue weighted by Gasteiger charge is -2.15. The van der Waals surface area contributed by atoms with Crippen LogP contribution in [0.25, 0.3) is 10.1 Å². The van der Waals surface area contributed by atoms with Crippen molar-refractivity contribution in [2.24, 2.45) is 5.92 Å². The number of hydrogen-bond acceptors (Lipinski definition) is 3. The average molecular weight is 259 g/mol. The van der Waals surface area contributed by atoms with Crippen molar-refractivity contribution < 1.29 is 4.79 Å². The Morgan fingerprint density at radius 1 is 1.44 bits per heavy atom. The lowest BCUT2D eigenvalue weighted by atomic mass is 10.00.